The maximum atomic E-state index is 12.2. The number of nitrogens with one attached hydrogen (secondary N) is 1. The maximum absolute atomic E-state index is 12.2. The topological polar surface area (TPSA) is 153 Å². The molecule has 3 atom stereocenters. The zero-order valence-electron chi connectivity index (χ0n) is 14.7. The van der Waals surface area contributed by atoms with E-state index in [0.29, 0.717) is 5.56 Å². The van der Waals surface area contributed by atoms with Crippen molar-refractivity contribution >= 4 is 0 Å². The summed E-state index contributed by atoms with van der Waals surface area (Å²) in [5, 5.41) is 22.5. The Kier molecular flexibility index (Phi) is 7.33. The Hall–Kier alpha value is -2.91. The third kappa shape index (κ3) is 5.53. The number of aliphatic hydroxyl groups is 2. The van der Waals surface area contributed by atoms with Crippen molar-refractivity contribution in [3.05, 3.63) is 78.9 Å². The maximum Gasteiger partial charge on any atom is 0.330 e. The molecule has 2 rings (SSSR count). The van der Waals surface area contributed by atoms with Crippen molar-refractivity contribution < 1.29 is 14.9 Å². The Morgan fingerprint density at radius 1 is 1.33 bits per heavy atom. The lowest BCUT2D eigenvalue weighted by Crippen LogP contribution is -2.37. The second-order valence-electron chi connectivity index (χ2n) is 5.99. The smallest absolute Gasteiger partial charge is 0.330 e. The van der Waals surface area contributed by atoms with Gasteiger partial charge in [0.1, 0.15) is 6.23 Å². The minimum absolute atomic E-state index is 0.0794. The van der Waals surface area contributed by atoms with E-state index in [2.05, 4.69) is 15.0 Å². The number of rotatable bonds is 9. The first-order valence-corrected chi connectivity index (χ1v) is 8.27. The standard InChI is InChI=1S/C17H21N5O5/c1-11-8-22(17(26)19-16(11)25)15(7-13(20-21-18)14(24)9-23)27-10-12-5-3-2-4-6-12/h2-6,8,13-15,23-24H,7,9-10H2,1H3,(H,19,25,26)/t13-,14+,15?/m0/s1. The minimum atomic E-state index is -1.32. The van der Waals surface area contributed by atoms with Crippen LogP contribution >= 0.6 is 0 Å². The van der Waals surface area contributed by atoms with E-state index in [-0.39, 0.29) is 13.0 Å². The molecule has 0 saturated heterocycles. The lowest BCUT2D eigenvalue weighted by molar-refractivity contribution is -0.0361. The quantitative estimate of drug-likeness (QED) is 0.339. The van der Waals surface area contributed by atoms with E-state index >= 15 is 0 Å². The highest BCUT2D eigenvalue weighted by Gasteiger charge is 2.25. The van der Waals surface area contributed by atoms with E-state index in [4.69, 9.17) is 15.4 Å². The van der Waals surface area contributed by atoms with Crippen LogP contribution in [-0.4, -0.2) is 38.5 Å². The third-order valence-corrected chi connectivity index (χ3v) is 4.02. The molecule has 0 aliphatic heterocycles. The molecular weight excluding hydrogens is 354 g/mol. The van der Waals surface area contributed by atoms with Crippen LogP contribution in [0.2, 0.25) is 0 Å². The van der Waals surface area contributed by atoms with E-state index in [0.717, 1.165) is 5.56 Å². The fourth-order valence-electron chi connectivity index (χ4n) is 2.50. The Morgan fingerprint density at radius 3 is 2.67 bits per heavy atom. The van der Waals surface area contributed by atoms with E-state index in [1.165, 1.54) is 17.7 Å². The lowest BCUT2D eigenvalue weighted by atomic mass is 10.1. The van der Waals surface area contributed by atoms with Gasteiger partial charge in [-0.25, -0.2) is 4.79 Å². The molecule has 0 aliphatic rings. The van der Waals surface area contributed by atoms with E-state index < -0.39 is 36.2 Å². The molecule has 2 aromatic rings. The lowest BCUT2D eigenvalue weighted by Gasteiger charge is -2.25. The van der Waals surface area contributed by atoms with Gasteiger partial charge in [-0.05, 0) is 18.0 Å². The average molecular weight is 375 g/mol. The molecule has 0 saturated carbocycles. The summed E-state index contributed by atoms with van der Waals surface area (Å²) < 4.78 is 7.00. The normalized spacial score (nSPS) is 14.2. The van der Waals surface area contributed by atoms with Gasteiger partial charge in [0.2, 0.25) is 0 Å². The van der Waals surface area contributed by atoms with Gasteiger partial charge >= 0.3 is 5.69 Å². The van der Waals surface area contributed by atoms with Gasteiger partial charge in [-0.3, -0.25) is 14.3 Å². The molecule has 0 spiro atoms. The number of aryl methyl sites for hydroxylation is 1. The van der Waals surface area contributed by atoms with Crippen LogP contribution < -0.4 is 11.2 Å². The van der Waals surface area contributed by atoms with Crippen molar-refractivity contribution in [2.45, 2.75) is 38.3 Å². The summed E-state index contributed by atoms with van der Waals surface area (Å²) in [5.74, 6) is 0. The first kappa shape index (κ1) is 20.4. The van der Waals surface area contributed by atoms with Crippen LogP contribution in [-0.2, 0) is 11.3 Å². The van der Waals surface area contributed by atoms with Gasteiger partial charge in [0.25, 0.3) is 5.56 Å². The van der Waals surface area contributed by atoms with Gasteiger partial charge < -0.3 is 14.9 Å². The highest BCUT2D eigenvalue weighted by molar-refractivity contribution is 5.13. The highest BCUT2D eigenvalue weighted by Crippen LogP contribution is 2.20. The van der Waals surface area contributed by atoms with Crippen molar-refractivity contribution in [2.75, 3.05) is 6.61 Å². The van der Waals surface area contributed by atoms with Gasteiger partial charge in [-0.2, -0.15) is 0 Å². The third-order valence-electron chi connectivity index (χ3n) is 4.02. The predicted octanol–water partition coefficient (Wildman–Crippen LogP) is 0.983. The van der Waals surface area contributed by atoms with Crippen LogP contribution in [0.3, 0.4) is 0 Å². The summed E-state index contributed by atoms with van der Waals surface area (Å²) >= 11 is 0. The highest BCUT2D eigenvalue weighted by atomic mass is 16.5. The molecular formula is C17H21N5O5. The Labute approximate surface area is 154 Å². The number of nitrogens with zero attached hydrogens (tertiary/aromatic N) is 4. The van der Waals surface area contributed by atoms with Crippen molar-refractivity contribution in [3.63, 3.8) is 0 Å². The van der Waals surface area contributed by atoms with Crippen LogP contribution in [0.5, 0.6) is 0 Å². The molecule has 10 heteroatoms. The molecule has 0 amide bonds. The zero-order valence-corrected chi connectivity index (χ0v) is 14.7. The fraction of sp³-hybridized carbons (Fsp3) is 0.412. The molecule has 1 unspecified atom stereocenters. The number of benzene rings is 1. The number of aromatic nitrogens is 2. The van der Waals surface area contributed by atoms with Crippen LogP contribution in [0.1, 0.15) is 23.8 Å². The molecule has 0 bridgehead atoms. The Balaban J connectivity index is 2.35. The summed E-state index contributed by atoms with van der Waals surface area (Å²) in [5.41, 5.74) is 8.65. The molecule has 1 aromatic heterocycles. The molecule has 0 radical (unpaired) electrons. The van der Waals surface area contributed by atoms with E-state index in [1.54, 1.807) is 0 Å². The molecule has 27 heavy (non-hydrogen) atoms. The average Bonchev–Trinajstić information content (AvgIpc) is 2.67. The second kappa shape index (κ2) is 9.70. The van der Waals surface area contributed by atoms with Crippen LogP contribution in [0.4, 0.5) is 0 Å². The van der Waals surface area contributed by atoms with Crippen molar-refractivity contribution in [2.24, 2.45) is 5.11 Å². The number of aromatic amines is 1. The second-order valence-corrected chi connectivity index (χ2v) is 5.99. The molecule has 1 heterocycles. The van der Waals surface area contributed by atoms with Crippen molar-refractivity contribution in [1.82, 2.24) is 9.55 Å². The number of hydrogen-bond acceptors (Lipinski definition) is 6. The summed E-state index contributed by atoms with van der Waals surface area (Å²) in [6.07, 6.45) is -0.993. The van der Waals surface area contributed by atoms with Crippen molar-refractivity contribution in [3.8, 4) is 0 Å². The van der Waals surface area contributed by atoms with Gasteiger partial charge in [0.15, 0.2) is 0 Å². The zero-order chi connectivity index (χ0) is 19.8. The molecule has 144 valence electrons. The fourth-order valence-corrected chi connectivity index (χ4v) is 2.50. The summed E-state index contributed by atoms with van der Waals surface area (Å²) in [6.45, 7) is 1.07. The van der Waals surface area contributed by atoms with E-state index in [1.807, 2.05) is 30.3 Å². The number of hydrogen-bond donors (Lipinski definition) is 3. The summed E-state index contributed by atoms with van der Waals surface area (Å²) in [6, 6.07) is 8.17. The van der Waals surface area contributed by atoms with E-state index in [9.17, 15) is 14.7 Å². The number of aliphatic hydroxyl groups excluding tert-OH is 2. The number of H-pyrrole nitrogens is 1. The summed E-state index contributed by atoms with van der Waals surface area (Å²) in [7, 11) is 0. The van der Waals surface area contributed by atoms with Gasteiger partial charge in [-0.15, -0.1) is 0 Å². The van der Waals surface area contributed by atoms with Crippen LogP contribution in [0.25, 0.3) is 10.4 Å². The Bertz CT molecular complexity index is 904. The van der Waals surface area contributed by atoms with Crippen molar-refractivity contribution in [1.29, 1.82) is 0 Å². The molecule has 10 nitrogen and oxygen atoms in total. The van der Waals surface area contributed by atoms with Gasteiger partial charge in [0, 0.05) is 23.1 Å². The number of azide groups is 1. The molecule has 1 aromatic carbocycles. The first-order chi connectivity index (χ1) is 13.0. The largest absolute Gasteiger partial charge is 0.394 e. The monoisotopic (exact) mass is 375 g/mol. The molecule has 3 N–H and O–H groups in total. The number of ether oxygens (including phenoxy) is 1. The van der Waals surface area contributed by atoms with Crippen LogP contribution in [0, 0.1) is 6.92 Å². The van der Waals surface area contributed by atoms with Crippen LogP contribution in [0.15, 0.2) is 51.2 Å². The molecule has 0 fully saturated rings. The Morgan fingerprint density at radius 2 is 2.04 bits per heavy atom. The minimum Gasteiger partial charge on any atom is -0.394 e. The van der Waals surface area contributed by atoms with Gasteiger partial charge in [0.05, 0.1) is 25.4 Å². The predicted molar refractivity (Wildman–Crippen MR) is 97.0 cm³/mol. The van der Waals surface area contributed by atoms with Gasteiger partial charge in [-0.1, -0.05) is 35.4 Å². The SMILES string of the molecule is Cc1cn(C(C[C@H](N=[N+]=[N-])[C@H](O)CO)OCc2ccccc2)c(=O)[nH]c1=O. The molecule has 0 aliphatic carbocycles. The summed E-state index contributed by atoms with van der Waals surface area (Å²) in [4.78, 5) is 28.7. The first-order valence-electron chi connectivity index (χ1n) is 8.27.